The third kappa shape index (κ3) is 9.96. The van der Waals surface area contributed by atoms with Crippen molar-refractivity contribution >= 4 is 80.4 Å². The molecule has 0 aliphatic carbocycles. The van der Waals surface area contributed by atoms with Crippen molar-refractivity contribution in [2.45, 2.75) is 78.3 Å². The van der Waals surface area contributed by atoms with Crippen LogP contribution in [0.4, 0.5) is 11.6 Å². The third-order valence-corrected chi connectivity index (χ3v) is 15.6. The second kappa shape index (κ2) is 21.1. The molecule has 68 heavy (non-hydrogen) atoms. The Balaban J connectivity index is 0.000000170. The number of nitrogens with zero attached hydrogens (tertiary/aromatic N) is 14. The molecule has 0 radical (unpaired) electrons. The van der Waals surface area contributed by atoms with E-state index in [0.29, 0.717) is 54.3 Å². The summed E-state index contributed by atoms with van der Waals surface area (Å²) in [5.74, 6) is 4.59. The molecule has 0 N–H and O–H groups in total. The van der Waals surface area contributed by atoms with Gasteiger partial charge in [0.1, 0.15) is 34.8 Å². The quantitative estimate of drug-likeness (QED) is 0.115. The van der Waals surface area contributed by atoms with E-state index in [-0.39, 0.29) is 23.5 Å². The molecular weight excluding hydrogens is 938 g/mol. The Morgan fingerprint density at radius 2 is 1.01 bits per heavy atom. The SMILES string of the molecule is CCCN1CCCC(C2CN(c3cnc4c(C#N)nn(C(C)c5ccc(Cl)cc5Cl)c4n3)C2)C1.CCCN1CCC[C@H](C2CN(c3cnc4c(C#N)nn([C@H](C)c5ccc(Cl)cc5Cl)c4n3)C2)C1. The Bertz CT molecular complexity index is 2640. The number of likely N-dealkylation sites (tertiary alicyclic amines) is 2. The van der Waals surface area contributed by atoms with E-state index in [1.807, 2.05) is 26.0 Å². The van der Waals surface area contributed by atoms with Gasteiger partial charge >= 0.3 is 0 Å². The molecule has 4 atom stereocenters. The molecular formula is C50H58Cl4N14. The van der Waals surface area contributed by atoms with Crippen LogP contribution in [0.3, 0.4) is 0 Å². The number of aromatic nitrogens is 8. The predicted octanol–water partition coefficient (Wildman–Crippen LogP) is 10.3. The minimum atomic E-state index is -0.227. The van der Waals surface area contributed by atoms with Crippen molar-refractivity contribution < 1.29 is 0 Å². The van der Waals surface area contributed by atoms with Crippen molar-refractivity contribution in [3.05, 3.63) is 91.4 Å². The molecule has 6 aromatic rings. The lowest BCUT2D eigenvalue weighted by atomic mass is 9.80. The Morgan fingerprint density at radius 1 is 0.603 bits per heavy atom. The molecule has 356 valence electrons. The highest BCUT2D eigenvalue weighted by Gasteiger charge is 2.38. The third-order valence-electron chi connectivity index (χ3n) is 14.5. The van der Waals surface area contributed by atoms with E-state index < -0.39 is 0 Å². The molecule has 14 nitrogen and oxygen atoms in total. The number of halogens is 4. The van der Waals surface area contributed by atoms with Crippen molar-refractivity contribution in [1.29, 1.82) is 10.5 Å². The molecule has 4 fully saturated rings. The zero-order valence-corrected chi connectivity index (χ0v) is 42.2. The Morgan fingerprint density at radius 3 is 1.38 bits per heavy atom. The Kier molecular flexibility index (Phi) is 14.9. The molecule has 10 rings (SSSR count). The first kappa shape index (κ1) is 48.2. The number of fused-ring (bicyclic) bond motifs is 2. The summed E-state index contributed by atoms with van der Waals surface area (Å²) in [6, 6.07) is 14.7. The average molecular weight is 997 g/mol. The number of nitriles is 2. The van der Waals surface area contributed by atoms with Crippen LogP contribution in [0.1, 0.15) is 101 Å². The van der Waals surface area contributed by atoms with Crippen molar-refractivity contribution in [1.82, 2.24) is 49.3 Å². The zero-order chi connectivity index (χ0) is 47.6. The number of rotatable bonds is 12. The van der Waals surface area contributed by atoms with Crippen molar-refractivity contribution in [2.75, 3.05) is 75.2 Å². The molecule has 4 aliphatic heterocycles. The van der Waals surface area contributed by atoms with Gasteiger partial charge in [0, 0.05) is 59.4 Å². The first-order valence-corrected chi connectivity index (χ1v) is 25.6. The van der Waals surface area contributed by atoms with Crippen molar-refractivity contribution in [2.24, 2.45) is 23.7 Å². The predicted molar refractivity (Wildman–Crippen MR) is 271 cm³/mol. The van der Waals surface area contributed by atoms with Gasteiger partial charge in [-0.05, 0) is 138 Å². The number of hydrogen-bond acceptors (Lipinski definition) is 12. The van der Waals surface area contributed by atoms with Crippen LogP contribution >= 0.6 is 46.4 Å². The summed E-state index contributed by atoms with van der Waals surface area (Å²) < 4.78 is 3.50. The molecule has 4 aliphatic rings. The highest BCUT2D eigenvalue weighted by atomic mass is 35.5. The van der Waals surface area contributed by atoms with E-state index in [0.717, 1.165) is 60.8 Å². The molecule has 0 saturated carbocycles. The van der Waals surface area contributed by atoms with Crippen LogP contribution in [0.5, 0.6) is 0 Å². The molecule has 0 amide bonds. The van der Waals surface area contributed by atoms with E-state index >= 15 is 0 Å². The summed E-state index contributed by atoms with van der Waals surface area (Å²) in [5, 5.41) is 30.5. The lowest BCUT2D eigenvalue weighted by Gasteiger charge is -2.47. The highest BCUT2D eigenvalue weighted by Crippen LogP contribution is 2.37. The van der Waals surface area contributed by atoms with Gasteiger partial charge in [0.25, 0.3) is 0 Å². The largest absolute Gasteiger partial charge is 0.355 e. The minimum Gasteiger partial charge on any atom is -0.355 e. The van der Waals surface area contributed by atoms with Gasteiger partial charge in [0.05, 0.1) is 24.5 Å². The molecule has 8 heterocycles. The van der Waals surface area contributed by atoms with Gasteiger partial charge in [0.2, 0.25) is 0 Å². The van der Waals surface area contributed by atoms with Gasteiger partial charge < -0.3 is 19.6 Å². The van der Waals surface area contributed by atoms with Gasteiger partial charge in [-0.3, -0.25) is 0 Å². The van der Waals surface area contributed by atoms with Gasteiger partial charge in [0.15, 0.2) is 22.7 Å². The van der Waals surface area contributed by atoms with Crippen LogP contribution in [0.15, 0.2) is 48.8 Å². The van der Waals surface area contributed by atoms with E-state index in [2.05, 4.69) is 65.8 Å². The summed E-state index contributed by atoms with van der Waals surface area (Å²) in [7, 11) is 0. The average Bonchev–Trinajstić information content (AvgIpc) is 3.86. The van der Waals surface area contributed by atoms with Crippen LogP contribution in [0, 0.1) is 46.3 Å². The van der Waals surface area contributed by atoms with Crippen molar-refractivity contribution in [3.63, 3.8) is 0 Å². The fraction of sp³-hybridized carbons (Fsp3) is 0.520. The number of anilines is 2. The molecule has 4 saturated heterocycles. The van der Waals surface area contributed by atoms with Crippen LogP contribution in [0.2, 0.25) is 20.1 Å². The molecule has 0 spiro atoms. The maximum absolute atomic E-state index is 9.62. The van der Waals surface area contributed by atoms with E-state index in [1.165, 1.54) is 77.8 Å². The minimum absolute atomic E-state index is 0.227. The first-order chi connectivity index (χ1) is 33.0. The fourth-order valence-corrected chi connectivity index (χ4v) is 11.9. The lowest BCUT2D eigenvalue weighted by Crippen LogP contribution is -2.53. The lowest BCUT2D eigenvalue weighted by molar-refractivity contribution is 0.120. The summed E-state index contributed by atoms with van der Waals surface area (Å²) in [6.07, 6.45) is 11.2. The van der Waals surface area contributed by atoms with Crippen LogP contribution in [-0.4, -0.2) is 115 Å². The normalized spacial score (nSPS) is 20.3. The fourth-order valence-electron chi connectivity index (χ4n) is 10.7. The molecule has 0 bridgehead atoms. The van der Waals surface area contributed by atoms with Crippen LogP contribution < -0.4 is 9.80 Å². The summed E-state index contributed by atoms with van der Waals surface area (Å²) >= 11 is 25.1. The Hall–Kier alpha value is -4.80. The second-order valence-corrected chi connectivity index (χ2v) is 20.7. The van der Waals surface area contributed by atoms with Gasteiger partial charge in [-0.15, -0.1) is 0 Å². The topological polar surface area (TPSA) is 148 Å². The maximum atomic E-state index is 9.62. The van der Waals surface area contributed by atoms with Gasteiger partial charge in [-0.2, -0.15) is 20.7 Å². The van der Waals surface area contributed by atoms with E-state index in [9.17, 15) is 10.5 Å². The standard InChI is InChI=1S/2C25H29Cl2N7/c2*1-3-8-32-9-4-5-17(13-32)18-14-33(15-18)23-12-29-24-22(11-28)31-34(25(24)30-23)16(2)20-7-6-19(26)10-21(20)27/h2*6-7,10,12,16-18H,3-5,8-9,13-15H2,1-2H3/t16-,17+;/m1./s1. The van der Waals surface area contributed by atoms with E-state index in [4.69, 9.17) is 56.4 Å². The van der Waals surface area contributed by atoms with Gasteiger partial charge in [-0.1, -0.05) is 72.4 Å². The monoisotopic (exact) mass is 994 g/mol. The highest BCUT2D eigenvalue weighted by molar-refractivity contribution is 6.35. The molecule has 2 aromatic carbocycles. The smallest absolute Gasteiger partial charge is 0.190 e. The molecule has 4 aromatic heterocycles. The van der Waals surface area contributed by atoms with Crippen LogP contribution in [-0.2, 0) is 0 Å². The van der Waals surface area contributed by atoms with Gasteiger partial charge in [-0.25, -0.2) is 29.3 Å². The molecule has 2 unspecified atom stereocenters. The molecule has 18 heteroatoms. The summed E-state index contributed by atoms with van der Waals surface area (Å²) in [4.78, 5) is 28.8. The number of piperidine rings is 2. The second-order valence-electron chi connectivity index (χ2n) is 19.0. The number of benzene rings is 2. The van der Waals surface area contributed by atoms with E-state index in [1.54, 1.807) is 46.0 Å². The summed E-state index contributed by atoms with van der Waals surface area (Å²) in [6.45, 7) is 19.8. The maximum Gasteiger partial charge on any atom is 0.190 e. The number of hydrogen-bond donors (Lipinski definition) is 0. The van der Waals surface area contributed by atoms with Crippen LogP contribution in [0.25, 0.3) is 22.3 Å². The Labute approximate surface area is 418 Å². The van der Waals surface area contributed by atoms with Crippen molar-refractivity contribution in [3.8, 4) is 12.1 Å². The summed E-state index contributed by atoms with van der Waals surface area (Å²) in [5.41, 5.74) is 4.50. The zero-order valence-electron chi connectivity index (χ0n) is 39.2. The first-order valence-electron chi connectivity index (χ1n) is 24.1.